The maximum absolute atomic E-state index is 13.0. The van der Waals surface area contributed by atoms with Gasteiger partial charge >= 0.3 is 0 Å². The van der Waals surface area contributed by atoms with Crippen molar-refractivity contribution in [1.29, 1.82) is 0 Å². The van der Waals surface area contributed by atoms with Crippen molar-refractivity contribution in [3.8, 4) is 0 Å². The number of aryl methyl sites for hydroxylation is 1. The molecule has 13 heavy (non-hydrogen) atoms. The van der Waals surface area contributed by atoms with Crippen LogP contribution in [0.1, 0.15) is 30.9 Å². The quantitative estimate of drug-likeness (QED) is 0.764. The minimum atomic E-state index is -0.770. The first-order valence-corrected chi connectivity index (χ1v) is 4.50. The number of nitrogens with two attached hydrogens (primary N) is 1. The molecule has 2 N–H and O–H groups in total. The van der Waals surface area contributed by atoms with Gasteiger partial charge in [0.1, 0.15) is 17.7 Å². The Morgan fingerprint density at radius 2 is 2.31 bits per heavy atom. The van der Waals surface area contributed by atoms with Gasteiger partial charge in [0.25, 0.3) is 0 Å². The lowest BCUT2D eigenvalue weighted by Gasteiger charge is -2.15. The van der Waals surface area contributed by atoms with Crippen molar-refractivity contribution in [2.24, 2.45) is 11.1 Å². The molecule has 0 radical (unpaired) electrons. The van der Waals surface area contributed by atoms with Crippen molar-refractivity contribution in [2.45, 2.75) is 32.5 Å². The predicted molar refractivity (Wildman–Crippen MR) is 48.0 cm³/mol. The number of furan rings is 1. The zero-order valence-electron chi connectivity index (χ0n) is 7.88. The van der Waals surface area contributed by atoms with Crippen LogP contribution >= 0.6 is 0 Å². The highest BCUT2D eigenvalue weighted by atomic mass is 19.1. The predicted octanol–water partition coefficient (Wildman–Crippen LogP) is 2.34. The molecule has 3 atom stereocenters. The lowest BCUT2D eigenvalue weighted by molar-refractivity contribution is 0.298. The van der Waals surface area contributed by atoms with Gasteiger partial charge in [-0.25, -0.2) is 4.39 Å². The number of alkyl halides is 1. The summed E-state index contributed by atoms with van der Waals surface area (Å²) in [6.07, 6.45) is -0.221. The molecule has 1 aromatic rings. The van der Waals surface area contributed by atoms with Gasteiger partial charge in [-0.1, -0.05) is 6.92 Å². The Morgan fingerprint density at radius 1 is 1.69 bits per heavy atom. The Balaban J connectivity index is 2.18. The molecular weight excluding hydrogens is 169 g/mol. The maximum atomic E-state index is 13.0. The summed E-state index contributed by atoms with van der Waals surface area (Å²) in [7, 11) is 0. The van der Waals surface area contributed by atoms with E-state index in [4.69, 9.17) is 10.2 Å². The lowest BCUT2D eigenvalue weighted by atomic mass is 9.97. The molecule has 2 nitrogen and oxygen atoms in total. The summed E-state index contributed by atoms with van der Waals surface area (Å²) in [6.45, 7) is 3.72. The van der Waals surface area contributed by atoms with Gasteiger partial charge < -0.3 is 10.2 Å². The third-order valence-electron chi connectivity index (χ3n) is 2.95. The van der Waals surface area contributed by atoms with Crippen molar-refractivity contribution < 1.29 is 8.81 Å². The minimum Gasteiger partial charge on any atom is -0.465 e. The highest BCUT2D eigenvalue weighted by Crippen LogP contribution is 2.55. The van der Waals surface area contributed by atoms with Gasteiger partial charge in [-0.15, -0.1) is 0 Å². The zero-order chi connectivity index (χ0) is 9.64. The van der Waals surface area contributed by atoms with Gasteiger partial charge in [-0.2, -0.15) is 0 Å². The lowest BCUT2D eigenvalue weighted by Crippen LogP contribution is -2.21. The van der Waals surface area contributed by atoms with E-state index in [0.29, 0.717) is 12.2 Å². The van der Waals surface area contributed by atoms with E-state index in [9.17, 15) is 4.39 Å². The Morgan fingerprint density at radius 3 is 2.69 bits per heavy atom. The molecule has 0 amide bonds. The highest BCUT2D eigenvalue weighted by molar-refractivity contribution is 5.18. The van der Waals surface area contributed by atoms with Crippen molar-refractivity contribution in [2.75, 3.05) is 0 Å². The molecule has 1 aliphatic rings. The monoisotopic (exact) mass is 183 g/mol. The van der Waals surface area contributed by atoms with Gasteiger partial charge in [0, 0.05) is 5.41 Å². The van der Waals surface area contributed by atoms with Crippen LogP contribution in [0.4, 0.5) is 4.39 Å². The molecule has 72 valence electrons. The van der Waals surface area contributed by atoms with Crippen LogP contribution in [0.25, 0.3) is 0 Å². The van der Waals surface area contributed by atoms with Crippen LogP contribution < -0.4 is 5.73 Å². The first-order chi connectivity index (χ1) is 6.04. The van der Waals surface area contributed by atoms with Gasteiger partial charge in [0.2, 0.25) is 0 Å². The second-order valence-electron chi connectivity index (χ2n) is 4.10. The second kappa shape index (κ2) is 2.58. The van der Waals surface area contributed by atoms with E-state index in [1.54, 1.807) is 0 Å². The fourth-order valence-electron chi connectivity index (χ4n) is 1.59. The van der Waals surface area contributed by atoms with E-state index < -0.39 is 11.6 Å². The van der Waals surface area contributed by atoms with Gasteiger partial charge in [0.15, 0.2) is 0 Å². The summed E-state index contributed by atoms with van der Waals surface area (Å²) in [6, 6.07) is 3.38. The first-order valence-electron chi connectivity index (χ1n) is 4.50. The zero-order valence-corrected chi connectivity index (χ0v) is 7.88. The van der Waals surface area contributed by atoms with Crippen LogP contribution in [0.15, 0.2) is 16.5 Å². The molecule has 1 saturated carbocycles. The molecule has 0 saturated heterocycles. The SMILES string of the molecule is Cc1ccc(C(N)C2(C)CC2F)o1. The minimum absolute atomic E-state index is 0.309. The van der Waals surface area contributed by atoms with Gasteiger partial charge in [0.05, 0.1) is 6.04 Å². The van der Waals surface area contributed by atoms with Gasteiger partial charge in [-0.05, 0) is 25.5 Å². The summed E-state index contributed by atoms with van der Waals surface area (Å²) in [4.78, 5) is 0. The average molecular weight is 183 g/mol. The van der Waals surface area contributed by atoms with Crippen LogP contribution in [0.3, 0.4) is 0 Å². The molecule has 2 rings (SSSR count). The molecule has 0 spiro atoms. The third kappa shape index (κ3) is 1.27. The molecule has 1 aromatic heterocycles. The smallest absolute Gasteiger partial charge is 0.121 e. The summed E-state index contributed by atoms with van der Waals surface area (Å²) >= 11 is 0. The summed E-state index contributed by atoms with van der Waals surface area (Å²) in [5.74, 6) is 1.52. The summed E-state index contributed by atoms with van der Waals surface area (Å²) < 4.78 is 18.3. The Hall–Kier alpha value is -0.830. The molecule has 1 heterocycles. The Bertz CT molecular complexity index is 322. The Kier molecular flexibility index (Phi) is 1.74. The number of hydrogen-bond donors (Lipinski definition) is 1. The first kappa shape index (κ1) is 8.75. The summed E-state index contributed by atoms with van der Waals surface area (Å²) in [5.41, 5.74) is 5.51. The van der Waals surface area contributed by atoms with E-state index in [1.807, 2.05) is 26.0 Å². The fourth-order valence-corrected chi connectivity index (χ4v) is 1.59. The molecule has 1 fully saturated rings. The van der Waals surface area contributed by atoms with Crippen LogP contribution in [-0.4, -0.2) is 6.17 Å². The largest absolute Gasteiger partial charge is 0.465 e. The molecule has 0 aromatic carbocycles. The molecule has 1 aliphatic carbocycles. The maximum Gasteiger partial charge on any atom is 0.121 e. The molecule has 0 bridgehead atoms. The molecule has 0 aliphatic heterocycles. The number of hydrogen-bond acceptors (Lipinski definition) is 2. The highest BCUT2D eigenvalue weighted by Gasteiger charge is 2.56. The van der Waals surface area contributed by atoms with E-state index in [1.165, 1.54) is 0 Å². The van der Waals surface area contributed by atoms with Crippen LogP contribution in [-0.2, 0) is 0 Å². The Labute approximate surface area is 76.9 Å². The van der Waals surface area contributed by atoms with Crippen molar-refractivity contribution in [3.63, 3.8) is 0 Å². The number of halogens is 1. The molecular formula is C10H14FNO. The summed E-state index contributed by atoms with van der Waals surface area (Å²) in [5, 5.41) is 0. The standard InChI is InChI=1S/C10H14FNO/c1-6-3-4-7(13-6)9(12)10(2)5-8(10)11/h3-4,8-9H,5,12H2,1-2H3. The van der Waals surface area contributed by atoms with E-state index in [0.717, 1.165) is 5.76 Å². The van der Waals surface area contributed by atoms with Crippen LogP contribution in [0.2, 0.25) is 0 Å². The number of rotatable bonds is 2. The average Bonchev–Trinajstić information content (AvgIpc) is 2.51. The van der Waals surface area contributed by atoms with E-state index >= 15 is 0 Å². The van der Waals surface area contributed by atoms with E-state index in [2.05, 4.69) is 0 Å². The van der Waals surface area contributed by atoms with Crippen LogP contribution in [0, 0.1) is 12.3 Å². The van der Waals surface area contributed by atoms with Crippen LogP contribution in [0.5, 0.6) is 0 Å². The van der Waals surface area contributed by atoms with Crippen molar-refractivity contribution >= 4 is 0 Å². The normalized spacial score (nSPS) is 34.6. The molecule has 3 heteroatoms. The third-order valence-corrected chi connectivity index (χ3v) is 2.95. The second-order valence-corrected chi connectivity index (χ2v) is 4.10. The van der Waals surface area contributed by atoms with Crippen molar-refractivity contribution in [1.82, 2.24) is 0 Å². The fraction of sp³-hybridized carbons (Fsp3) is 0.600. The van der Waals surface area contributed by atoms with E-state index in [-0.39, 0.29) is 6.04 Å². The topological polar surface area (TPSA) is 39.2 Å². The van der Waals surface area contributed by atoms with Gasteiger partial charge in [-0.3, -0.25) is 0 Å². The molecule has 3 unspecified atom stereocenters. The van der Waals surface area contributed by atoms with Crippen molar-refractivity contribution in [3.05, 3.63) is 23.7 Å².